The molecule has 0 heterocycles. The van der Waals surface area contributed by atoms with Gasteiger partial charge in [-0.15, -0.1) is 0 Å². The van der Waals surface area contributed by atoms with E-state index in [1.807, 2.05) is 43.3 Å². The van der Waals surface area contributed by atoms with Crippen LogP contribution in [0.4, 0.5) is 0 Å². The number of hydrogen-bond donors (Lipinski definition) is 0. The van der Waals surface area contributed by atoms with E-state index >= 15 is 0 Å². The van der Waals surface area contributed by atoms with Crippen molar-refractivity contribution in [3.63, 3.8) is 0 Å². The summed E-state index contributed by atoms with van der Waals surface area (Å²) in [6, 6.07) is 14.9. The molecule has 0 unspecified atom stereocenters. The molecule has 0 amide bonds. The number of esters is 1. The molecule has 22 heavy (non-hydrogen) atoms. The Labute approximate surface area is 129 Å². The highest BCUT2D eigenvalue weighted by Crippen LogP contribution is 2.31. The molecule has 0 aromatic heterocycles. The fraction of sp³-hybridized carbons (Fsp3) is 0.167. The van der Waals surface area contributed by atoms with E-state index in [1.54, 1.807) is 12.1 Å². The van der Waals surface area contributed by atoms with Gasteiger partial charge in [-0.3, -0.25) is 0 Å². The predicted molar refractivity (Wildman–Crippen MR) is 84.7 cm³/mol. The monoisotopic (exact) mass is 298 g/mol. The van der Waals surface area contributed by atoms with E-state index in [0.29, 0.717) is 22.6 Å². The summed E-state index contributed by atoms with van der Waals surface area (Å²) in [4.78, 5) is 11.9. The lowest BCUT2D eigenvalue weighted by atomic mass is 10.1. The summed E-state index contributed by atoms with van der Waals surface area (Å²) < 4.78 is 15.7. The summed E-state index contributed by atoms with van der Waals surface area (Å²) in [6.45, 7) is 1.99. The van der Waals surface area contributed by atoms with Crippen molar-refractivity contribution in [2.24, 2.45) is 0 Å². The minimum Gasteiger partial charge on any atom is -0.503 e. The zero-order chi connectivity index (χ0) is 15.9. The Bertz CT molecular complexity index is 689. The average Bonchev–Trinajstić information content (AvgIpc) is 2.53. The van der Waals surface area contributed by atoms with Crippen molar-refractivity contribution in [3.8, 4) is 11.5 Å². The molecule has 0 bridgehead atoms. The molecule has 2 rings (SSSR count). The summed E-state index contributed by atoms with van der Waals surface area (Å²) in [5, 5.41) is 0. The van der Waals surface area contributed by atoms with Gasteiger partial charge in [0.2, 0.25) is 0 Å². The standard InChI is InChI=1S/C18H18O4/c1-13-7-6-8-14(11-13)22-17-10-5-4-9-15(17)16(12-20-2)18(19)21-3/h4-12H,1-3H3/b16-12+. The molecule has 0 saturated heterocycles. The average molecular weight is 298 g/mol. The Morgan fingerprint density at radius 3 is 2.50 bits per heavy atom. The summed E-state index contributed by atoms with van der Waals surface area (Å²) in [6.07, 6.45) is 1.35. The Balaban J connectivity index is 2.41. The van der Waals surface area contributed by atoms with Gasteiger partial charge in [0.1, 0.15) is 17.1 Å². The number of carbonyl (C=O) groups is 1. The molecule has 4 nitrogen and oxygen atoms in total. The van der Waals surface area contributed by atoms with Gasteiger partial charge in [-0.05, 0) is 30.7 Å². The van der Waals surface area contributed by atoms with Crippen LogP contribution in [0.25, 0.3) is 5.57 Å². The van der Waals surface area contributed by atoms with Crippen LogP contribution in [0.15, 0.2) is 54.8 Å². The van der Waals surface area contributed by atoms with Crippen LogP contribution >= 0.6 is 0 Å². The SMILES string of the molecule is CO/C=C(/C(=O)OC)c1ccccc1Oc1cccc(C)c1. The number of aryl methyl sites for hydroxylation is 1. The Morgan fingerprint density at radius 2 is 1.82 bits per heavy atom. The highest BCUT2D eigenvalue weighted by molar-refractivity contribution is 6.17. The van der Waals surface area contributed by atoms with Gasteiger partial charge in [-0.1, -0.05) is 30.3 Å². The zero-order valence-electron chi connectivity index (χ0n) is 12.8. The van der Waals surface area contributed by atoms with Crippen molar-refractivity contribution in [1.29, 1.82) is 0 Å². The molecule has 0 saturated carbocycles. The van der Waals surface area contributed by atoms with Gasteiger partial charge < -0.3 is 14.2 Å². The zero-order valence-corrected chi connectivity index (χ0v) is 12.8. The van der Waals surface area contributed by atoms with Crippen LogP contribution in [-0.2, 0) is 14.3 Å². The normalized spacial score (nSPS) is 11.0. The first-order chi connectivity index (χ1) is 10.7. The molecule has 4 heteroatoms. The highest BCUT2D eigenvalue weighted by atomic mass is 16.5. The topological polar surface area (TPSA) is 44.8 Å². The van der Waals surface area contributed by atoms with Crippen molar-refractivity contribution in [2.75, 3.05) is 14.2 Å². The summed E-state index contributed by atoms with van der Waals surface area (Å²) >= 11 is 0. The molecular formula is C18H18O4. The molecule has 2 aromatic carbocycles. The second-order valence-electron chi connectivity index (χ2n) is 4.67. The summed E-state index contributed by atoms with van der Waals surface area (Å²) in [5.41, 5.74) is 2.00. The summed E-state index contributed by atoms with van der Waals surface area (Å²) in [5.74, 6) is 0.776. The fourth-order valence-electron chi connectivity index (χ4n) is 2.03. The van der Waals surface area contributed by atoms with Crippen LogP contribution in [0.3, 0.4) is 0 Å². The second kappa shape index (κ2) is 7.31. The van der Waals surface area contributed by atoms with E-state index < -0.39 is 5.97 Å². The first kappa shape index (κ1) is 15.6. The molecule has 0 aliphatic rings. The molecule has 0 spiro atoms. The number of ether oxygens (including phenoxy) is 3. The number of rotatable bonds is 5. The van der Waals surface area contributed by atoms with Gasteiger partial charge in [0, 0.05) is 5.56 Å². The predicted octanol–water partition coefficient (Wildman–Crippen LogP) is 3.95. The van der Waals surface area contributed by atoms with Crippen LogP contribution < -0.4 is 4.74 Å². The van der Waals surface area contributed by atoms with Crippen LogP contribution in [0.2, 0.25) is 0 Å². The van der Waals surface area contributed by atoms with Crippen LogP contribution in [0, 0.1) is 6.92 Å². The smallest absolute Gasteiger partial charge is 0.341 e. The van der Waals surface area contributed by atoms with E-state index in [2.05, 4.69) is 0 Å². The number of hydrogen-bond acceptors (Lipinski definition) is 4. The molecule has 114 valence electrons. The van der Waals surface area contributed by atoms with Crippen LogP contribution in [-0.4, -0.2) is 20.2 Å². The van der Waals surface area contributed by atoms with Crippen molar-refractivity contribution in [1.82, 2.24) is 0 Å². The number of para-hydroxylation sites is 1. The van der Waals surface area contributed by atoms with Gasteiger partial charge in [-0.2, -0.15) is 0 Å². The number of methoxy groups -OCH3 is 2. The maximum absolute atomic E-state index is 11.9. The van der Waals surface area contributed by atoms with Gasteiger partial charge in [-0.25, -0.2) is 4.79 Å². The van der Waals surface area contributed by atoms with Crippen LogP contribution in [0.5, 0.6) is 11.5 Å². The molecular weight excluding hydrogens is 280 g/mol. The van der Waals surface area contributed by atoms with Gasteiger partial charge in [0.25, 0.3) is 0 Å². The molecule has 0 aliphatic carbocycles. The van der Waals surface area contributed by atoms with E-state index in [9.17, 15) is 4.79 Å². The minimum atomic E-state index is -0.484. The Hall–Kier alpha value is -2.75. The lowest BCUT2D eigenvalue weighted by Crippen LogP contribution is -2.05. The van der Waals surface area contributed by atoms with Crippen molar-refractivity contribution >= 4 is 11.5 Å². The fourth-order valence-corrected chi connectivity index (χ4v) is 2.03. The molecule has 0 fully saturated rings. The largest absolute Gasteiger partial charge is 0.503 e. The van der Waals surface area contributed by atoms with E-state index in [1.165, 1.54) is 20.5 Å². The van der Waals surface area contributed by atoms with Crippen molar-refractivity contribution in [3.05, 3.63) is 65.9 Å². The lowest BCUT2D eigenvalue weighted by Gasteiger charge is -2.13. The lowest BCUT2D eigenvalue weighted by molar-refractivity contribution is -0.133. The van der Waals surface area contributed by atoms with E-state index in [-0.39, 0.29) is 0 Å². The molecule has 0 aliphatic heterocycles. The Morgan fingerprint density at radius 1 is 1.05 bits per heavy atom. The first-order valence-corrected chi connectivity index (χ1v) is 6.81. The van der Waals surface area contributed by atoms with Gasteiger partial charge in [0.05, 0.1) is 20.5 Å². The molecule has 0 atom stereocenters. The van der Waals surface area contributed by atoms with Gasteiger partial charge >= 0.3 is 5.97 Å². The molecule has 0 radical (unpaired) electrons. The number of benzene rings is 2. The number of carbonyl (C=O) groups excluding carboxylic acids is 1. The van der Waals surface area contributed by atoms with Crippen LogP contribution in [0.1, 0.15) is 11.1 Å². The van der Waals surface area contributed by atoms with Crippen molar-refractivity contribution < 1.29 is 19.0 Å². The first-order valence-electron chi connectivity index (χ1n) is 6.81. The maximum atomic E-state index is 11.9. The molecule has 2 aromatic rings. The summed E-state index contributed by atoms with van der Waals surface area (Å²) in [7, 11) is 2.81. The quantitative estimate of drug-likeness (QED) is 0.476. The third kappa shape index (κ3) is 3.67. The minimum absolute atomic E-state index is 0.299. The highest BCUT2D eigenvalue weighted by Gasteiger charge is 2.17. The maximum Gasteiger partial charge on any atom is 0.341 e. The Kier molecular flexibility index (Phi) is 5.20. The van der Waals surface area contributed by atoms with Gasteiger partial charge in [0.15, 0.2) is 0 Å². The third-order valence-electron chi connectivity index (χ3n) is 3.04. The van der Waals surface area contributed by atoms with E-state index in [4.69, 9.17) is 14.2 Å². The van der Waals surface area contributed by atoms with E-state index in [0.717, 1.165) is 5.56 Å². The van der Waals surface area contributed by atoms with Crippen molar-refractivity contribution in [2.45, 2.75) is 6.92 Å². The second-order valence-corrected chi connectivity index (χ2v) is 4.67. The molecule has 0 N–H and O–H groups in total. The third-order valence-corrected chi connectivity index (χ3v) is 3.04.